The van der Waals surface area contributed by atoms with Crippen molar-refractivity contribution in [3.63, 3.8) is 0 Å². The molecule has 0 aliphatic carbocycles. The van der Waals surface area contributed by atoms with Crippen molar-refractivity contribution in [1.82, 2.24) is 0 Å². The van der Waals surface area contributed by atoms with Gasteiger partial charge in [-0.3, -0.25) is 4.79 Å². The average Bonchev–Trinajstić information content (AvgIpc) is 2.36. The summed E-state index contributed by atoms with van der Waals surface area (Å²) < 4.78 is 5.57. The fourth-order valence-electron chi connectivity index (χ4n) is 2.77. The second-order valence-electron chi connectivity index (χ2n) is 5.59. The maximum Gasteiger partial charge on any atom is 0.318 e. The first-order valence-electron chi connectivity index (χ1n) is 6.90. The number of carbonyl (C=O) groups is 1. The Morgan fingerprint density at radius 3 is 2.72 bits per heavy atom. The van der Waals surface area contributed by atoms with E-state index < -0.39 is 0 Å². The first kappa shape index (κ1) is 13.1. The van der Waals surface area contributed by atoms with Crippen LogP contribution in [0.15, 0.2) is 24.3 Å². The average molecular weight is 246 g/mol. The summed E-state index contributed by atoms with van der Waals surface area (Å²) >= 11 is 0. The summed E-state index contributed by atoms with van der Waals surface area (Å²) in [6, 6.07) is 7.89. The number of benzene rings is 1. The Hall–Kier alpha value is -1.31. The number of carbonyl (C=O) groups excluding carboxylic acids is 1. The van der Waals surface area contributed by atoms with Crippen LogP contribution in [0.3, 0.4) is 0 Å². The molecule has 1 atom stereocenters. The number of hydrogen-bond acceptors (Lipinski definition) is 2. The predicted octanol–water partition coefficient (Wildman–Crippen LogP) is 3.98. The summed E-state index contributed by atoms with van der Waals surface area (Å²) in [5.41, 5.74) is 0.839. The van der Waals surface area contributed by atoms with E-state index in [2.05, 4.69) is 26.8 Å². The van der Waals surface area contributed by atoms with Crippen LogP contribution in [0.5, 0.6) is 5.75 Å². The van der Waals surface area contributed by atoms with Crippen LogP contribution in [0.1, 0.15) is 45.6 Å². The van der Waals surface area contributed by atoms with Gasteiger partial charge in [0.15, 0.2) is 0 Å². The maximum atomic E-state index is 12.4. The van der Waals surface area contributed by atoms with E-state index in [0.717, 1.165) is 31.4 Å². The van der Waals surface area contributed by atoms with Crippen molar-refractivity contribution in [3.05, 3.63) is 29.8 Å². The Kier molecular flexibility index (Phi) is 3.74. The van der Waals surface area contributed by atoms with Gasteiger partial charge in [0.25, 0.3) is 0 Å². The van der Waals surface area contributed by atoms with E-state index in [1.165, 1.54) is 5.56 Å². The molecule has 98 valence electrons. The number of ether oxygens (including phenoxy) is 1. The first-order valence-corrected chi connectivity index (χ1v) is 6.90. The van der Waals surface area contributed by atoms with Gasteiger partial charge in [0.2, 0.25) is 0 Å². The van der Waals surface area contributed by atoms with E-state index in [1.54, 1.807) is 0 Å². The van der Waals surface area contributed by atoms with E-state index in [0.29, 0.717) is 5.92 Å². The lowest BCUT2D eigenvalue weighted by Gasteiger charge is -2.39. The Balaban J connectivity index is 2.34. The highest BCUT2D eigenvalue weighted by atomic mass is 16.5. The lowest BCUT2D eigenvalue weighted by Crippen LogP contribution is -2.44. The summed E-state index contributed by atoms with van der Waals surface area (Å²) in [4.78, 5) is 12.4. The van der Waals surface area contributed by atoms with Crippen molar-refractivity contribution in [1.29, 1.82) is 0 Å². The van der Waals surface area contributed by atoms with Crippen LogP contribution in [0.2, 0.25) is 0 Å². The molecular formula is C16H22O2. The summed E-state index contributed by atoms with van der Waals surface area (Å²) in [6.07, 6.45) is 3.94. The van der Waals surface area contributed by atoms with Crippen LogP contribution >= 0.6 is 0 Å². The Morgan fingerprint density at radius 1 is 1.33 bits per heavy atom. The number of para-hydroxylation sites is 1. The molecule has 0 bridgehead atoms. The topological polar surface area (TPSA) is 26.3 Å². The van der Waals surface area contributed by atoms with Crippen molar-refractivity contribution in [2.45, 2.75) is 46.5 Å². The minimum atomic E-state index is -0.329. The molecule has 2 nitrogen and oxygen atoms in total. The quantitative estimate of drug-likeness (QED) is 0.593. The van der Waals surface area contributed by atoms with Crippen molar-refractivity contribution >= 4 is 5.97 Å². The Bertz CT molecular complexity index is 436. The molecule has 0 radical (unpaired) electrons. The number of rotatable bonds is 4. The van der Waals surface area contributed by atoms with Crippen molar-refractivity contribution in [3.8, 4) is 5.75 Å². The van der Waals surface area contributed by atoms with Gasteiger partial charge in [-0.1, -0.05) is 51.8 Å². The highest BCUT2D eigenvalue weighted by molar-refractivity contribution is 5.82. The molecule has 0 spiro atoms. The summed E-state index contributed by atoms with van der Waals surface area (Å²) in [5.74, 6) is 1.02. The fourth-order valence-corrected chi connectivity index (χ4v) is 2.77. The molecule has 2 heteroatoms. The monoisotopic (exact) mass is 246 g/mol. The smallest absolute Gasteiger partial charge is 0.318 e. The molecule has 2 rings (SSSR count). The molecule has 0 saturated heterocycles. The lowest BCUT2D eigenvalue weighted by atomic mass is 9.68. The van der Waals surface area contributed by atoms with Crippen LogP contribution in [0.4, 0.5) is 0 Å². The van der Waals surface area contributed by atoms with Crippen LogP contribution in [0.25, 0.3) is 0 Å². The van der Waals surface area contributed by atoms with E-state index in [-0.39, 0.29) is 11.4 Å². The molecule has 1 aliphatic heterocycles. The molecule has 0 aromatic heterocycles. The van der Waals surface area contributed by atoms with Crippen LogP contribution < -0.4 is 4.74 Å². The third-order valence-electron chi connectivity index (χ3n) is 4.17. The molecule has 1 unspecified atom stereocenters. The minimum Gasteiger partial charge on any atom is -0.426 e. The van der Waals surface area contributed by atoms with E-state index in [9.17, 15) is 4.79 Å². The number of unbranched alkanes of at least 4 members (excludes halogenated alkanes) is 1. The van der Waals surface area contributed by atoms with Gasteiger partial charge in [-0.05, 0) is 30.4 Å². The third-order valence-corrected chi connectivity index (χ3v) is 4.17. The third kappa shape index (κ3) is 2.16. The molecule has 0 saturated carbocycles. The number of esters is 1. The molecule has 1 aliphatic rings. The van der Waals surface area contributed by atoms with E-state index >= 15 is 0 Å². The zero-order valence-corrected chi connectivity index (χ0v) is 11.5. The lowest BCUT2D eigenvalue weighted by molar-refractivity contribution is -0.151. The molecule has 0 N–H and O–H groups in total. The second kappa shape index (κ2) is 5.13. The van der Waals surface area contributed by atoms with E-state index in [1.807, 2.05) is 18.2 Å². The predicted molar refractivity (Wildman–Crippen MR) is 72.6 cm³/mol. The molecule has 18 heavy (non-hydrogen) atoms. The van der Waals surface area contributed by atoms with Gasteiger partial charge < -0.3 is 4.74 Å². The maximum absolute atomic E-state index is 12.4. The Labute approximate surface area is 109 Å². The zero-order chi connectivity index (χ0) is 13.2. The van der Waals surface area contributed by atoms with Crippen LogP contribution in [0, 0.1) is 11.3 Å². The van der Waals surface area contributed by atoms with E-state index in [4.69, 9.17) is 4.74 Å². The molecule has 1 heterocycles. The van der Waals surface area contributed by atoms with Gasteiger partial charge in [0, 0.05) is 0 Å². The van der Waals surface area contributed by atoms with Crippen LogP contribution in [-0.2, 0) is 11.2 Å². The zero-order valence-electron chi connectivity index (χ0n) is 11.5. The van der Waals surface area contributed by atoms with Gasteiger partial charge >= 0.3 is 5.97 Å². The molecule has 1 aromatic rings. The summed E-state index contributed by atoms with van der Waals surface area (Å²) in [6.45, 7) is 6.42. The van der Waals surface area contributed by atoms with Crippen molar-refractivity contribution < 1.29 is 9.53 Å². The van der Waals surface area contributed by atoms with Gasteiger partial charge in [-0.2, -0.15) is 0 Å². The van der Waals surface area contributed by atoms with Gasteiger partial charge in [0.1, 0.15) is 5.75 Å². The highest BCUT2D eigenvalue weighted by Gasteiger charge is 2.45. The van der Waals surface area contributed by atoms with Crippen molar-refractivity contribution in [2.75, 3.05) is 0 Å². The fraction of sp³-hybridized carbons (Fsp3) is 0.562. The van der Waals surface area contributed by atoms with Gasteiger partial charge in [-0.15, -0.1) is 0 Å². The van der Waals surface area contributed by atoms with Crippen molar-refractivity contribution in [2.24, 2.45) is 11.3 Å². The molecular weight excluding hydrogens is 224 g/mol. The Morgan fingerprint density at radius 2 is 2.06 bits per heavy atom. The first-order chi connectivity index (χ1) is 8.60. The second-order valence-corrected chi connectivity index (χ2v) is 5.59. The SMILES string of the molecule is CCCCC1(C(C)C)Cc2ccccc2OC1=O. The van der Waals surface area contributed by atoms with Crippen LogP contribution in [-0.4, -0.2) is 5.97 Å². The normalized spacial score (nSPS) is 22.8. The minimum absolute atomic E-state index is 0.0374. The largest absolute Gasteiger partial charge is 0.426 e. The standard InChI is InChI=1S/C16H22O2/c1-4-5-10-16(12(2)3)11-13-8-6-7-9-14(13)18-15(16)17/h6-9,12H,4-5,10-11H2,1-3H3. The highest BCUT2D eigenvalue weighted by Crippen LogP contribution is 2.43. The summed E-state index contributed by atoms with van der Waals surface area (Å²) in [5, 5.41) is 0. The van der Waals surface area contributed by atoms with Gasteiger partial charge in [0.05, 0.1) is 5.41 Å². The molecule has 0 amide bonds. The number of fused-ring (bicyclic) bond motifs is 1. The summed E-state index contributed by atoms with van der Waals surface area (Å²) in [7, 11) is 0. The molecule has 1 aromatic carbocycles. The molecule has 0 fully saturated rings. The number of hydrogen-bond donors (Lipinski definition) is 0. The van der Waals surface area contributed by atoms with Gasteiger partial charge in [-0.25, -0.2) is 0 Å².